The van der Waals surface area contributed by atoms with Crippen LogP contribution >= 0.6 is 23.8 Å². The van der Waals surface area contributed by atoms with Gasteiger partial charge in [0.15, 0.2) is 10.6 Å². The summed E-state index contributed by atoms with van der Waals surface area (Å²) in [7, 11) is 0. The number of H-pyrrole nitrogens is 1. The fourth-order valence-corrected chi connectivity index (χ4v) is 1.99. The molecule has 0 spiro atoms. The van der Waals surface area contributed by atoms with E-state index in [4.69, 9.17) is 23.8 Å². The molecule has 1 heterocycles. The standard InChI is InChI=1S/C11H12ClN3S/c1-3-15-10(13-14-11(15)16)8-4-5-9(12)7(2)6-8/h4-6H,3H2,1-2H3,(H,14,16). The number of nitrogens with zero attached hydrogens (tertiary/aromatic N) is 2. The van der Waals surface area contributed by atoms with Crippen molar-refractivity contribution >= 4 is 23.8 Å². The zero-order valence-electron chi connectivity index (χ0n) is 9.12. The lowest BCUT2D eigenvalue weighted by molar-refractivity contribution is 0.755. The van der Waals surface area contributed by atoms with Gasteiger partial charge >= 0.3 is 0 Å². The molecule has 0 aliphatic rings. The molecule has 0 radical (unpaired) electrons. The third kappa shape index (κ3) is 1.90. The molecule has 0 amide bonds. The number of rotatable bonds is 2. The zero-order chi connectivity index (χ0) is 11.7. The molecule has 0 aliphatic heterocycles. The van der Waals surface area contributed by atoms with Gasteiger partial charge in [-0.3, -0.25) is 5.10 Å². The van der Waals surface area contributed by atoms with Crippen molar-refractivity contribution in [2.24, 2.45) is 0 Å². The van der Waals surface area contributed by atoms with Gasteiger partial charge in [-0.05, 0) is 49.8 Å². The first kappa shape index (κ1) is 11.4. The maximum Gasteiger partial charge on any atom is 0.195 e. The fraction of sp³-hybridized carbons (Fsp3) is 0.273. The molecule has 2 rings (SSSR count). The van der Waals surface area contributed by atoms with E-state index >= 15 is 0 Å². The molecule has 84 valence electrons. The van der Waals surface area contributed by atoms with E-state index in [0.29, 0.717) is 4.77 Å². The maximum absolute atomic E-state index is 5.99. The van der Waals surface area contributed by atoms with E-state index in [2.05, 4.69) is 10.2 Å². The second-order valence-corrected chi connectivity index (χ2v) is 4.35. The van der Waals surface area contributed by atoms with Crippen molar-refractivity contribution in [3.8, 4) is 11.4 Å². The SMILES string of the molecule is CCn1c(-c2ccc(Cl)c(C)c2)n[nH]c1=S. The summed E-state index contributed by atoms with van der Waals surface area (Å²) >= 11 is 11.1. The van der Waals surface area contributed by atoms with Crippen molar-refractivity contribution in [3.05, 3.63) is 33.6 Å². The summed E-state index contributed by atoms with van der Waals surface area (Å²) in [5.41, 5.74) is 2.06. The molecule has 1 aromatic carbocycles. The van der Waals surface area contributed by atoms with Crippen LogP contribution in [0.1, 0.15) is 12.5 Å². The summed E-state index contributed by atoms with van der Waals surface area (Å²) in [5.74, 6) is 0.854. The Morgan fingerprint density at radius 1 is 1.50 bits per heavy atom. The highest BCUT2D eigenvalue weighted by Gasteiger charge is 2.08. The molecule has 0 saturated carbocycles. The van der Waals surface area contributed by atoms with Crippen LogP contribution < -0.4 is 0 Å². The van der Waals surface area contributed by atoms with Crippen LogP contribution in [-0.2, 0) is 6.54 Å². The van der Waals surface area contributed by atoms with Gasteiger partial charge in [0.2, 0.25) is 0 Å². The monoisotopic (exact) mass is 253 g/mol. The Labute approximate surface area is 104 Å². The van der Waals surface area contributed by atoms with Crippen LogP contribution in [0.3, 0.4) is 0 Å². The normalized spacial score (nSPS) is 10.7. The summed E-state index contributed by atoms with van der Waals surface area (Å²) in [4.78, 5) is 0. The van der Waals surface area contributed by atoms with E-state index in [1.165, 1.54) is 0 Å². The van der Waals surface area contributed by atoms with Gasteiger partial charge in [-0.1, -0.05) is 11.6 Å². The molecule has 1 aromatic heterocycles. The third-order valence-electron chi connectivity index (χ3n) is 2.49. The molecular formula is C11H12ClN3S. The van der Waals surface area contributed by atoms with E-state index in [0.717, 1.165) is 28.5 Å². The van der Waals surface area contributed by atoms with Crippen molar-refractivity contribution in [3.63, 3.8) is 0 Å². The van der Waals surface area contributed by atoms with Gasteiger partial charge in [0, 0.05) is 17.1 Å². The second-order valence-electron chi connectivity index (χ2n) is 3.56. The molecule has 5 heteroatoms. The van der Waals surface area contributed by atoms with Gasteiger partial charge in [-0.15, -0.1) is 0 Å². The molecule has 1 N–H and O–H groups in total. The average Bonchev–Trinajstić information content (AvgIpc) is 2.63. The molecule has 0 atom stereocenters. The van der Waals surface area contributed by atoms with Gasteiger partial charge in [-0.25, -0.2) is 0 Å². The summed E-state index contributed by atoms with van der Waals surface area (Å²) in [6, 6.07) is 5.84. The van der Waals surface area contributed by atoms with Crippen molar-refractivity contribution in [2.45, 2.75) is 20.4 Å². The first-order chi connectivity index (χ1) is 7.63. The molecule has 0 fully saturated rings. The van der Waals surface area contributed by atoms with Crippen LogP contribution in [0.4, 0.5) is 0 Å². The smallest absolute Gasteiger partial charge is 0.195 e. The van der Waals surface area contributed by atoms with Crippen LogP contribution in [0.15, 0.2) is 18.2 Å². The van der Waals surface area contributed by atoms with Crippen LogP contribution in [0.25, 0.3) is 11.4 Å². The summed E-state index contributed by atoms with van der Waals surface area (Å²) in [6.45, 7) is 4.81. The third-order valence-corrected chi connectivity index (χ3v) is 3.23. The van der Waals surface area contributed by atoms with Crippen molar-refractivity contribution in [1.29, 1.82) is 0 Å². The number of nitrogens with one attached hydrogen (secondary N) is 1. The number of halogens is 1. The maximum atomic E-state index is 5.99. The van der Waals surface area contributed by atoms with Crippen molar-refractivity contribution in [2.75, 3.05) is 0 Å². The number of aromatic nitrogens is 3. The number of benzene rings is 1. The highest BCUT2D eigenvalue weighted by molar-refractivity contribution is 7.71. The summed E-state index contributed by atoms with van der Waals surface area (Å²) < 4.78 is 2.60. The van der Waals surface area contributed by atoms with Gasteiger partial charge < -0.3 is 4.57 Å². The minimum atomic E-state index is 0.644. The van der Waals surface area contributed by atoms with E-state index < -0.39 is 0 Å². The topological polar surface area (TPSA) is 33.6 Å². The molecule has 2 aromatic rings. The minimum absolute atomic E-state index is 0.644. The molecular weight excluding hydrogens is 242 g/mol. The lowest BCUT2D eigenvalue weighted by Crippen LogP contribution is -1.97. The quantitative estimate of drug-likeness (QED) is 0.830. The van der Waals surface area contributed by atoms with E-state index in [1.807, 2.05) is 36.6 Å². The molecule has 3 nitrogen and oxygen atoms in total. The average molecular weight is 254 g/mol. The zero-order valence-corrected chi connectivity index (χ0v) is 10.7. The van der Waals surface area contributed by atoms with Gasteiger partial charge in [0.05, 0.1) is 0 Å². The highest BCUT2D eigenvalue weighted by atomic mass is 35.5. The Morgan fingerprint density at radius 3 is 2.88 bits per heavy atom. The largest absolute Gasteiger partial charge is 0.300 e. The fourth-order valence-electron chi connectivity index (χ4n) is 1.62. The van der Waals surface area contributed by atoms with E-state index in [1.54, 1.807) is 0 Å². The summed E-state index contributed by atoms with van der Waals surface area (Å²) in [5, 5.41) is 7.80. The van der Waals surface area contributed by atoms with Gasteiger partial charge in [0.1, 0.15) is 0 Å². The lowest BCUT2D eigenvalue weighted by Gasteiger charge is -2.05. The molecule has 0 unspecified atom stereocenters. The van der Waals surface area contributed by atoms with Crippen LogP contribution in [-0.4, -0.2) is 14.8 Å². The number of hydrogen-bond donors (Lipinski definition) is 1. The lowest BCUT2D eigenvalue weighted by atomic mass is 10.1. The predicted octanol–water partition coefficient (Wildman–Crippen LogP) is 3.59. The van der Waals surface area contributed by atoms with E-state index in [9.17, 15) is 0 Å². The Kier molecular flexibility index (Phi) is 3.12. The second kappa shape index (κ2) is 4.39. The van der Waals surface area contributed by atoms with Crippen molar-refractivity contribution < 1.29 is 0 Å². The summed E-state index contributed by atoms with van der Waals surface area (Å²) in [6.07, 6.45) is 0. The number of aryl methyl sites for hydroxylation is 1. The van der Waals surface area contributed by atoms with Gasteiger partial charge in [0.25, 0.3) is 0 Å². The van der Waals surface area contributed by atoms with Crippen molar-refractivity contribution in [1.82, 2.24) is 14.8 Å². The van der Waals surface area contributed by atoms with Crippen LogP contribution in [0.5, 0.6) is 0 Å². The molecule has 16 heavy (non-hydrogen) atoms. The predicted molar refractivity (Wildman–Crippen MR) is 68.3 cm³/mol. The Hall–Kier alpha value is -1.13. The first-order valence-electron chi connectivity index (χ1n) is 5.05. The van der Waals surface area contributed by atoms with Crippen LogP contribution in [0, 0.1) is 11.7 Å². The van der Waals surface area contributed by atoms with Gasteiger partial charge in [-0.2, -0.15) is 5.10 Å². The Morgan fingerprint density at radius 2 is 2.25 bits per heavy atom. The number of aromatic amines is 1. The highest BCUT2D eigenvalue weighted by Crippen LogP contribution is 2.23. The van der Waals surface area contributed by atoms with Crippen LogP contribution in [0.2, 0.25) is 5.02 Å². The first-order valence-corrected chi connectivity index (χ1v) is 5.84. The Bertz CT molecular complexity index is 571. The van der Waals surface area contributed by atoms with E-state index in [-0.39, 0.29) is 0 Å². The minimum Gasteiger partial charge on any atom is -0.300 e. The number of hydrogen-bond acceptors (Lipinski definition) is 2. The molecule has 0 saturated heterocycles. The molecule has 0 bridgehead atoms. The molecule has 0 aliphatic carbocycles. The Balaban J connectivity index is 2.58.